The number of halogens is 1. The molecule has 7 nitrogen and oxygen atoms in total. The van der Waals surface area contributed by atoms with E-state index in [0.717, 1.165) is 26.1 Å². The molecule has 0 aromatic heterocycles. The number of alkyl carbamates (subject to hydrolysis) is 1. The minimum absolute atomic E-state index is 0.0318. The minimum atomic E-state index is -1.29. The lowest BCUT2D eigenvalue weighted by molar-refractivity contribution is -0.0206. The Hall–Kier alpha value is -1.97. The first-order valence-corrected chi connectivity index (χ1v) is 11.9. The van der Waals surface area contributed by atoms with E-state index in [0.29, 0.717) is 23.6 Å². The molecule has 1 heterocycles. The van der Waals surface area contributed by atoms with Crippen molar-refractivity contribution in [2.24, 2.45) is 5.41 Å². The van der Waals surface area contributed by atoms with Crippen molar-refractivity contribution < 1.29 is 32.3 Å². The Kier molecular flexibility index (Phi) is 10.1. The Morgan fingerprint density at radius 3 is 2.50 bits per heavy atom. The number of hydrogen-bond donors (Lipinski definition) is 1. The van der Waals surface area contributed by atoms with Crippen molar-refractivity contribution in [1.82, 2.24) is 5.32 Å². The van der Waals surface area contributed by atoms with Crippen LogP contribution >= 0.6 is 0 Å². The molecule has 9 heteroatoms. The summed E-state index contributed by atoms with van der Waals surface area (Å²) in [4.78, 5) is 12.3. The molecule has 180 valence electrons. The Morgan fingerprint density at radius 1 is 1.25 bits per heavy atom. The topological polar surface area (TPSA) is 83.1 Å². The van der Waals surface area contributed by atoms with E-state index in [1.54, 1.807) is 45.0 Å². The van der Waals surface area contributed by atoms with Gasteiger partial charge in [-0.3, -0.25) is 4.21 Å². The van der Waals surface area contributed by atoms with Gasteiger partial charge in [0.25, 0.3) is 0 Å². The molecule has 1 aromatic carbocycles. The molecule has 0 bridgehead atoms. The molecule has 32 heavy (non-hydrogen) atoms. The van der Waals surface area contributed by atoms with E-state index in [1.165, 1.54) is 0 Å². The third-order valence-corrected chi connectivity index (χ3v) is 6.04. The Labute approximate surface area is 192 Å². The Bertz CT molecular complexity index is 785. The van der Waals surface area contributed by atoms with E-state index in [9.17, 15) is 13.4 Å². The van der Waals surface area contributed by atoms with Gasteiger partial charge in [0.05, 0.1) is 23.7 Å². The van der Waals surface area contributed by atoms with Gasteiger partial charge in [-0.25, -0.2) is 9.18 Å². The van der Waals surface area contributed by atoms with E-state index in [-0.39, 0.29) is 30.1 Å². The Balaban J connectivity index is 1.74. The fourth-order valence-electron chi connectivity index (χ4n) is 2.92. The van der Waals surface area contributed by atoms with Crippen LogP contribution in [0.15, 0.2) is 41.1 Å². The SMILES string of the molecule is CC1(COCS(=O)c2ccc(OC/C(=C/F)CNC(=O)OC(C)(C)C)cc2)CCOCC1. The van der Waals surface area contributed by atoms with Gasteiger partial charge in [-0.05, 0) is 63.3 Å². The van der Waals surface area contributed by atoms with Crippen molar-refractivity contribution in [3.8, 4) is 5.75 Å². The molecule has 1 fully saturated rings. The highest BCUT2D eigenvalue weighted by atomic mass is 32.2. The molecule has 1 amide bonds. The third kappa shape index (κ3) is 9.67. The van der Waals surface area contributed by atoms with Crippen LogP contribution in [0.25, 0.3) is 0 Å². The molecule has 1 N–H and O–H groups in total. The van der Waals surface area contributed by atoms with Crippen LogP contribution in [0.4, 0.5) is 9.18 Å². The molecule has 1 aliphatic heterocycles. The molecule has 1 unspecified atom stereocenters. The highest BCUT2D eigenvalue weighted by Gasteiger charge is 2.27. The maximum Gasteiger partial charge on any atom is 0.407 e. The largest absolute Gasteiger partial charge is 0.489 e. The number of nitrogens with one attached hydrogen (secondary N) is 1. The van der Waals surface area contributed by atoms with Gasteiger partial charge in [0.15, 0.2) is 0 Å². The van der Waals surface area contributed by atoms with Crippen LogP contribution in [0.3, 0.4) is 0 Å². The minimum Gasteiger partial charge on any atom is -0.489 e. The second kappa shape index (κ2) is 12.3. The zero-order valence-corrected chi connectivity index (χ0v) is 20.1. The number of amides is 1. The first kappa shape index (κ1) is 26.3. The predicted molar refractivity (Wildman–Crippen MR) is 121 cm³/mol. The summed E-state index contributed by atoms with van der Waals surface area (Å²) < 4.78 is 47.3. The Morgan fingerprint density at radius 2 is 1.91 bits per heavy atom. The van der Waals surface area contributed by atoms with Gasteiger partial charge in [0.1, 0.15) is 23.9 Å². The quantitative estimate of drug-likeness (QED) is 0.547. The molecule has 2 rings (SSSR count). The van der Waals surface area contributed by atoms with Gasteiger partial charge in [-0.15, -0.1) is 0 Å². The van der Waals surface area contributed by atoms with Crippen LogP contribution in [0.1, 0.15) is 40.5 Å². The molecule has 1 atom stereocenters. The highest BCUT2D eigenvalue weighted by Crippen LogP contribution is 2.30. The number of carbonyl (C=O) groups excluding carboxylic acids is 1. The van der Waals surface area contributed by atoms with Crippen LogP contribution in [0, 0.1) is 5.41 Å². The summed E-state index contributed by atoms with van der Waals surface area (Å²) in [6, 6.07) is 6.74. The van der Waals surface area contributed by atoms with Crippen molar-refractivity contribution >= 4 is 16.9 Å². The van der Waals surface area contributed by atoms with Crippen molar-refractivity contribution in [1.29, 1.82) is 0 Å². The number of rotatable bonds is 10. The van der Waals surface area contributed by atoms with E-state index in [2.05, 4.69) is 12.2 Å². The van der Waals surface area contributed by atoms with Crippen LogP contribution in [-0.2, 0) is 25.0 Å². The zero-order valence-electron chi connectivity index (χ0n) is 19.3. The molecule has 0 saturated carbocycles. The second-order valence-electron chi connectivity index (χ2n) is 9.12. The molecular formula is C23H34FNO6S. The number of carbonyl (C=O) groups is 1. The molecule has 1 saturated heterocycles. The van der Waals surface area contributed by atoms with Gasteiger partial charge in [0, 0.05) is 30.2 Å². The lowest BCUT2D eigenvalue weighted by Gasteiger charge is -2.32. The second-order valence-corrected chi connectivity index (χ2v) is 10.5. The fraction of sp³-hybridized carbons (Fsp3) is 0.609. The van der Waals surface area contributed by atoms with Crippen LogP contribution in [0.5, 0.6) is 5.75 Å². The molecule has 1 aromatic rings. The van der Waals surface area contributed by atoms with E-state index >= 15 is 0 Å². The number of benzene rings is 1. The molecular weight excluding hydrogens is 437 g/mol. The summed E-state index contributed by atoms with van der Waals surface area (Å²) in [5, 5.41) is 2.49. The summed E-state index contributed by atoms with van der Waals surface area (Å²) in [6.07, 6.45) is 1.65. The number of hydrogen-bond acceptors (Lipinski definition) is 6. The van der Waals surface area contributed by atoms with Gasteiger partial charge in [-0.2, -0.15) is 0 Å². The number of ether oxygens (including phenoxy) is 4. The predicted octanol–water partition coefficient (Wildman–Crippen LogP) is 4.34. The molecule has 1 aliphatic rings. The van der Waals surface area contributed by atoms with Gasteiger partial charge in [-0.1, -0.05) is 6.92 Å². The molecule has 0 spiro atoms. The van der Waals surface area contributed by atoms with Crippen molar-refractivity contribution in [3.05, 3.63) is 36.2 Å². The average molecular weight is 472 g/mol. The average Bonchev–Trinajstić information content (AvgIpc) is 2.73. The summed E-state index contributed by atoms with van der Waals surface area (Å²) in [5.74, 6) is 0.625. The lowest BCUT2D eigenvalue weighted by Crippen LogP contribution is -2.34. The van der Waals surface area contributed by atoms with E-state index in [1.807, 2.05) is 0 Å². The highest BCUT2D eigenvalue weighted by molar-refractivity contribution is 7.84. The monoisotopic (exact) mass is 471 g/mol. The van der Waals surface area contributed by atoms with E-state index in [4.69, 9.17) is 18.9 Å². The summed E-state index contributed by atoms with van der Waals surface area (Å²) in [5.41, 5.74) is -0.311. The van der Waals surface area contributed by atoms with Crippen LogP contribution < -0.4 is 10.1 Å². The van der Waals surface area contributed by atoms with Crippen molar-refractivity contribution in [3.63, 3.8) is 0 Å². The van der Waals surface area contributed by atoms with Gasteiger partial charge >= 0.3 is 6.09 Å². The molecule has 0 radical (unpaired) electrons. The standard InChI is InChI=1S/C23H34FNO6S/c1-22(2,3)31-21(26)25-14-18(13-24)15-30-19-5-7-20(8-6-19)32(27)17-29-16-23(4)9-11-28-12-10-23/h5-8,13H,9-12,14-17H2,1-4H3,(H,25,26)/b18-13+. The van der Waals surface area contributed by atoms with E-state index < -0.39 is 22.5 Å². The van der Waals surface area contributed by atoms with Crippen LogP contribution in [-0.4, -0.2) is 54.8 Å². The first-order chi connectivity index (χ1) is 15.1. The summed E-state index contributed by atoms with van der Waals surface area (Å²) in [7, 11) is -1.29. The molecule has 0 aliphatic carbocycles. The summed E-state index contributed by atoms with van der Waals surface area (Å²) >= 11 is 0. The first-order valence-electron chi connectivity index (χ1n) is 10.6. The van der Waals surface area contributed by atoms with Gasteiger partial charge in [0.2, 0.25) is 0 Å². The van der Waals surface area contributed by atoms with Gasteiger partial charge < -0.3 is 24.3 Å². The smallest absolute Gasteiger partial charge is 0.407 e. The van der Waals surface area contributed by atoms with Crippen LogP contribution in [0.2, 0.25) is 0 Å². The maximum atomic E-state index is 13.1. The normalized spacial score (nSPS) is 17.5. The van der Waals surface area contributed by atoms with Crippen molar-refractivity contribution in [2.45, 2.75) is 51.0 Å². The fourth-order valence-corrected chi connectivity index (χ4v) is 3.74. The lowest BCUT2D eigenvalue weighted by atomic mass is 9.83. The third-order valence-electron chi connectivity index (χ3n) is 4.86. The maximum absolute atomic E-state index is 13.1. The zero-order chi connectivity index (χ0) is 23.6. The van der Waals surface area contributed by atoms with Crippen molar-refractivity contribution in [2.75, 3.05) is 38.9 Å². The summed E-state index contributed by atoms with van der Waals surface area (Å²) in [6.45, 7) is 9.36.